The zero-order valence-electron chi connectivity index (χ0n) is 7.17. The molecule has 0 radical (unpaired) electrons. The maximum atomic E-state index is 10.7. The average molecular weight is 281 g/mol. The highest BCUT2D eigenvalue weighted by Crippen LogP contribution is 2.21. The van der Waals surface area contributed by atoms with Crippen molar-refractivity contribution >= 4 is 39.3 Å². The second-order valence-corrected chi connectivity index (χ2v) is 3.51. The Morgan fingerprint density at radius 2 is 2.43 bits per heavy atom. The second kappa shape index (κ2) is 5.02. The van der Waals surface area contributed by atoms with E-state index >= 15 is 0 Å². The largest absolute Gasteiger partial charge is 0.452 e. The third kappa shape index (κ3) is 3.04. The highest BCUT2D eigenvalue weighted by Gasteiger charge is 2.03. The van der Waals surface area contributed by atoms with E-state index in [-0.39, 0.29) is 5.15 Å². The van der Waals surface area contributed by atoms with Gasteiger partial charge in [-0.2, -0.15) is 0 Å². The van der Waals surface area contributed by atoms with E-state index in [0.717, 1.165) is 4.47 Å². The molecule has 1 aromatic heterocycles. The van der Waals surface area contributed by atoms with Gasteiger partial charge in [0.2, 0.25) is 0 Å². The first-order valence-corrected chi connectivity index (χ1v) is 4.71. The molecule has 0 aliphatic rings. The molecule has 0 aliphatic carbocycles. The topological polar surface area (TPSA) is 63.2 Å². The predicted octanol–water partition coefficient (Wildman–Crippen LogP) is 2.18. The van der Waals surface area contributed by atoms with E-state index in [0.29, 0.717) is 5.69 Å². The number of carbonyl (C=O) groups is 1. The SMILES string of the molecule is COC(=O)NNc1cc(Br)cnc1Cl. The fraction of sp³-hybridized carbons (Fsp3) is 0.143. The first kappa shape index (κ1) is 11.1. The first-order valence-electron chi connectivity index (χ1n) is 3.54. The van der Waals surface area contributed by atoms with Crippen LogP contribution in [0.4, 0.5) is 10.5 Å². The van der Waals surface area contributed by atoms with E-state index in [2.05, 4.69) is 36.5 Å². The minimum atomic E-state index is -0.610. The van der Waals surface area contributed by atoms with Gasteiger partial charge >= 0.3 is 6.09 Å². The maximum Gasteiger partial charge on any atom is 0.425 e. The van der Waals surface area contributed by atoms with E-state index in [1.165, 1.54) is 7.11 Å². The van der Waals surface area contributed by atoms with Crippen molar-refractivity contribution in [2.24, 2.45) is 0 Å². The van der Waals surface area contributed by atoms with Crippen molar-refractivity contribution in [1.29, 1.82) is 0 Å². The summed E-state index contributed by atoms with van der Waals surface area (Å²) >= 11 is 8.95. The fourth-order valence-electron chi connectivity index (χ4n) is 0.680. The standard InChI is InChI=1S/C7H7BrClN3O2/c1-14-7(13)12-11-5-2-4(8)3-10-6(5)9/h2-3,11H,1H3,(H,12,13). The summed E-state index contributed by atoms with van der Waals surface area (Å²) in [6.07, 6.45) is 0.937. The number of methoxy groups -OCH3 is 1. The minimum Gasteiger partial charge on any atom is -0.452 e. The number of carbonyl (C=O) groups excluding carboxylic acids is 1. The Hall–Kier alpha value is -1.01. The van der Waals surface area contributed by atoms with Crippen LogP contribution in [-0.4, -0.2) is 18.2 Å². The van der Waals surface area contributed by atoms with Crippen LogP contribution in [0.3, 0.4) is 0 Å². The second-order valence-electron chi connectivity index (χ2n) is 2.23. The number of nitrogens with one attached hydrogen (secondary N) is 2. The molecule has 0 unspecified atom stereocenters. The lowest BCUT2D eigenvalue weighted by Gasteiger charge is -2.08. The van der Waals surface area contributed by atoms with Gasteiger partial charge in [0.25, 0.3) is 0 Å². The summed E-state index contributed by atoms with van der Waals surface area (Å²) in [6, 6.07) is 1.67. The number of nitrogens with zero attached hydrogens (tertiary/aromatic N) is 1. The number of pyridine rings is 1. The molecular weight excluding hydrogens is 273 g/mol. The molecule has 76 valence electrons. The van der Waals surface area contributed by atoms with E-state index in [9.17, 15) is 4.79 Å². The summed E-state index contributed by atoms with van der Waals surface area (Å²) in [6.45, 7) is 0. The van der Waals surface area contributed by atoms with E-state index in [1.807, 2.05) is 0 Å². The Labute approximate surface area is 93.9 Å². The lowest BCUT2D eigenvalue weighted by atomic mass is 10.4. The smallest absolute Gasteiger partial charge is 0.425 e. The Bertz CT molecular complexity index is 348. The van der Waals surface area contributed by atoms with Crippen molar-refractivity contribution in [2.75, 3.05) is 12.5 Å². The molecule has 0 atom stereocenters. The molecule has 0 spiro atoms. The number of rotatable bonds is 2. The van der Waals surface area contributed by atoms with Gasteiger partial charge in [0.05, 0.1) is 12.8 Å². The van der Waals surface area contributed by atoms with Crippen LogP contribution in [0.25, 0.3) is 0 Å². The van der Waals surface area contributed by atoms with Crippen LogP contribution in [0, 0.1) is 0 Å². The number of ether oxygens (including phenoxy) is 1. The third-order valence-electron chi connectivity index (χ3n) is 1.29. The predicted molar refractivity (Wildman–Crippen MR) is 56.1 cm³/mol. The van der Waals surface area contributed by atoms with Crippen LogP contribution in [0.2, 0.25) is 5.15 Å². The summed E-state index contributed by atoms with van der Waals surface area (Å²) in [5, 5.41) is 0.254. The van der Waals surface area contributed by atoms with Crippen LogP contribution < -0.4 is 10.9 Å². The highest BCUT2D eigenvalue weighted by atomic mass is 79.9. The van der Waals surface area contributed by atoms with Gasteiger partial charge in [-0.15, -0.1) is 0 Å². The number of hydrogen-bond acceptors (Lipinski definition) is 4. The van der Waals surface area contributed by atoms with Crippen molar-refractivity contribution < 1.29 is 9.53 Å². The summed E-state index contributed by atoms with van der Waals surface area (Å²) in [5.74, 6) is 0. The van der Waals surface area contributed by atoms with Crippen molar-refractivity contribution in [3.63, 3.8) is 0 Å². The number of hydrogen-bond donors (Lipinski definition) is 2. The van der Waals surface area contributed by atoms with Gasteiger partial charge in [0.15, 0.2) is 5.15 Å². The monoisotopic (exact) mass is 279 g/mol. The molecule has 1 amide bonds. The molecule has 1 aromatic rings. The summed E-state index contributed by atoms with van der Waals surface area (Å²) in [4.78, 5) is 14.6. The number of amides is 1. The zero-order valence-corrected chi connectivity index (χ0v) is 9.52. The third-order valence-corrected chi connectivity index (χ3v) is 2.03. The van der Waals surface area contributed by atoms with Crippen molar-refractivity contribution in [3.05, 3.63) is 21.9 Å². The number of aromatic nitrogens is 1. The lowest BCUT2D eigenvalue weighted by Crippen LogP contribution is -2.29. The average Bonchev–Trinajstić information content (AvgIpc) is 2.19. The maximum absolute atomic E-state index is 10.7. The molecule has 5 nitrogen and oxygen atoms in total. The summed E-state index contributed by atoms with van der Waals surface area (Å²) < 4.78 is 5.10. The molecule has 2 N–H and O–H groups in total. The molecule has 0 bridgehead atoms. The quantitative estimate of drug-likeness (QED) is 0.644. The zero-order chi connectivity index (χ0) is 10.6. The molecule has 14 heavy (non-hydrogen) atoms. The normalized spacial score (nSPS) is 9.36. The summed E-state index contributed by atoms with van der Waals surface area (Å²) in [5.41, 5.74) is 5.29. The van der Waals surface area contributed by atoms with Gasteiger partial charge < -0.3 is 4.74 Å². The van der Waals surface area contributed by atoms with Gasteiger partial charge in [0.1, 0.15) is 0 Å². The van der Waals surface area contributed by atoms with E-state index < -0.39 is 6.09 Å². The number of halogens is 2. The Balaban J connectivity index is 2.66. The Kier molecular flexibility index (Phi) is 3.97. The van der Waals surface area contributed by atoms with Gasteiger partial charge in [-0.3, -0.25) is 5.43 Å². The first-order chi connectivity index (χ1) is 6.63. The number of hydrazine groups is 1. The minimum absolute atomic E-state index is 0.254. The van der Waals surface area contributed by atoms with Crippen molar-refractivity contribution in [1.82, 2.24) is 10.4 Å². The molecule has 1 heterocycles. The summed E-state index contributed by atoms with van der Waals surface area (Å²) in [7, 11) is 1.26. The fourth-order valence-corrected chi connectivity index (χ4v) is 1.16. The molecule has 0 fully saturated rings. The van der Waals surface area contributed by atoms with Gasteiger partial charge in [-0.1, -0.05) is 11.6 Å². The molecule has 7 heteroatoms. The molecule has 0 aromatic carbocycles. The Morgan fingerprint density at radius 1 is 1.71 bits per heavy atom. The van der Waals surface area contributed by atoms with Crippen LogP contribution in [0.1, 0.15) is 0 Å². The van der Waals surface area contributed by atoms with Crippen LogP contribution in [0.15, 0.2) is 16.7 Å². The molecule has 0 saturated carbocycles. The molecular formula is C7H7BrClN3O2. The number of anilines is 1. The molecule has 0 aliphatic heterocycles. The Morgan fingerprint density at radius 3 is 3.07 bits per heavy atom. The van der Waals surface area contributed by atoms with Crippen LogP contribution >= 0.6 is 27.5 Å². The van der Waals surface area contributed by atoms with Crippen LogP contribution in [0.5, 0.6) is 0 Å². The molecule has 1 rings (SSSR count). The van der Waals surface area contributed by atoms with Crippen molar-refractivity contribution in [3.8, 4) is 0 Å². The van der Waals surface area contributed by atoms with E-state index in [4.69, 9.17) is 11.6 Å². The highest BCUT2D eigenvalue weighted by molar-refractivity contribution is 9.10. The van der Waals surface area contributed by atoms with Gasteiger partial charge in [0, 0.05) is 10.7 Å². The lowest BCUT2D eigenvalue weighted by molar-refractivity contribution is 0.173. The van der Waals surface area contributed by atoms with E-state index in [1.54, 1.807) is 12.3 Å². The molecule has 0 saturated heterocycles. The van der Waals surface area contributed by atoms with Gasteiger partial charge in [-0.05, 0) is 22.0 Å². The van der Waals surface area contributed by atoms with Crippen LogP contribution in [-0.2, 0) is 4.74 Å². The van der Waals surface area contributed by atoms with Crippen molar-refractivity contribution in [2.45, 2.75) is 0 Å². The van der Waals surface area contributed by atoms with Gasteiger partial charge in [-0.25, -0.2) is 15.2 Å².